The molecule has 7 nitrogen and oxygen atoms in total. The molecule has 0 atom stereocenters. The molecule has 0 saturated carbocycles. The number of rotatable bonds is 1. The number of hydrogen-bond donors (Lipinski definition) is 0. The minimum absolute atomic E-state index is 0.115. The van der Waals surface area contributed by atoms with Crippen LogP contribution in [0.4, 0.5) is 0 Å². The molecule has 3 aromatic rings. The molecule has 2 aromatic heterocycles. The standard InChI is InChI=1S/C15H11N3O4/c1-8(19)18-15(21)13-10-5-3-4-6-12(10)16-7-11(13)14(17-18)22-9(2)20/h3-7H,1-2H3. The van der Waals surface area contributed by atoms with Crippen LogP contribution in [0.25, 0.3) is 21.7 Å². The summed E-state index contributed by atoms with van der Waals surface area (Å²) >= 11 is 0. The van der Waals surface area contributed by atoms with Crippen molar-refractivity contribution in [1.29, 1.82) is 0 Å². The molecule has 110 valence electrons. The molecule has 22 heavy (non-hydrogen) atoms. The van der Waals surface area contributed by atoms with Gasteiger partial charge in [0.05, 0.1) is 16.3 Å². The second-order valence-electron chi connectivity index (χ2n) is 4.70. The first kappa shape index (κ1) is 13.9. The van der Waals surface area contributed by atoms with Crippen LogP contribution in [-0.4, -0.2) is 26.6 Å². The van der Waals surface area contributed by atoms with Crippen molar-refractivity contribution in [3.8, 4) is 5.88 Å². The molecule has 0 radical (unpaired) electrons. The lowest BCUT2D eigenvalue weighted by atomic mass is 10.1. The van der Waals surface area contributed by atoms with Crippen LogP contribution in [0.5, 0.6) is 5.88 Å². The number of carbonyl (C=O) groups excluding carboxylic acids is 2. The van der Waals surface area contributed by atoms with Gasteiger partial charge < -0.3 is 4.74 Å². The summed E-state index contributed by atoms with van der Waals surface area (Å²) in [4.78, 5) is 39.6. The molecular formula is C15H11N3O4. The van der Waals surface area contributed by atoms with E-state index in [1.807, 2.05) is 0 Å². The van der Waals surface area contributed by atoms with Crippen LogP contribution in [0, 0.1) is 0 Å². The number of carbonyl (C=O) groups is 2. The van der Waals surface area contributed by atoms with E-state index in [-0.39, 0.29) is 16.7 Å². The fourth-order valence-corrected chi connectivity index (χ4v) is 2.25. The lowest BCUT2D eigenvalue weighted by Gasteiger charge is -2.09. The predicted molar refractivity (Wildman–Crippen MR) is 78.9 cm³/mol. The van der Waals surface area contributed by atoms with Gasteiger partial charge >= 0.3 is 5.97 Å². The summed E-state index contributed by atoms with van der Waals surface area (Å²) < 4.78 is 5.71. The largest absolute Gasteiger partial charge is 0.405 e. The van der Waals surface area contributed by atoms with Crippen molar-refractivity contribution in [3.05, 3.63) is 40.8 Å². The molecule has 1 aromatic carbocycles. The Morgan fingerprint density at radius 3 is 2.55 bits per heavy atom. The molecule has 0 bridgehead atoms. The highest BCUT2D eigenvalue weighted by molar-refractivity contribution is 6.07. The number of para-hydroxylation sites is 1. The van der Waals surface area contributed by atoms with E-state index in [1.165, 1.54) is 20.0 Å². The molecule has 0 amide bonds. The Labute approximate surface area is 124 Å². The molecule has 0 spiro atoms. The second-order valence-corrected chi connectivity index (χ2v) is 4.70. The van der Waals surface area contributed by atoms with Crippen molar-refractivity contribution in [2.45, 2.75) is 13.8 Å². The number of aromatic nitrogens is 3. The zero-order valence-electron chi connectivity index (χ0n) is 11.9. The monoisotopic (exact) mass is 297 g/mol. The minimum atomic E-state index is -0.601. The van der Waals surface area contributed by atoms with Crippen molar-refractivity contribution < 1.29 is 14.3 Å². The number of fused-ring (bicyclic) bond motifs is 3. The summed E-state index contributed by atoms with van der Waals surface area (Å²) in [7, 11) is 0. The van der Waals surface area contributed by atoms with Crippen LogP contribution >= 0.6 is 0 Å². The van der Waals surface area contributed by atoms with Gasteiger partial charge in [0.15, 0.2) is 0 Å². The first-order chi connectivity index (χ1) is 10.5. The number of pyridine rings is 1. The zero-order valence-corrected chi connectivity index (χ0v) is 11.9. The average molecular weight is 297 g/mol. The molecular weight excluding hydrogens is 286 g/mol. The van der Waals surface area contributed by atoms with Gasteiger partial charge in [-0.1, -0.05) is 18.2 Å². The highest BCUT2D eigenvalue weighted by Gasteiger charge is 2.18. The van der Waals surface area contributed by atoms with Crippen LogP contribution in [0.2, 0.25) is 0 Å². The third-order valence-electron chi connectivity index (χ3n) is 3.14. The average Bonchev–Trinajstić information content (AvgIpc) is 2.48. The van der Waals surface area contributed by atoms with E-state index in [9.17, 15) is 14.4 Å². The van der Waals surface area contributed by atoms with Crippen molar-refractivity contribution in [2.75, 3.05) is 0 Å². The SMILES string of the molecule is CC(=O)Oc1nn(C(C)=O)c(=O)c2c1cnc1ccccc12. The summed E-state index contributed by atoms with van der Waals surface area (Å²) in [5.74, 6) is -1.28. The van der Waals surface area contributed by atoms with Crippen LogP contribution in [0.1, 0.15) is 18.6 Å². The number of ether oxygens (including phenoxy) is 1. The normalized spacial score (nSPS) is 10.8. The highest BCUT2D eigenvalue weighted by atomic mass is 16.5. The Hall–Kier alpha value is -3.09. The first-order valence-corrected chi connectivity index (χ1v) is 6.49. The van der Waals surface area contributed by atoms with Crippen molar-refractivity contribution >= 4 is 33.6 Å². The number of hydrogen-bond acceptors (Lipinski definition) is 6. The summed E-state index contributed by atoms with van der Waals surface area (Å²) in [5, 5.41) is 4.92. The van der Waals surface area contributed by atoms with Gasteiger partial charge in [0.25, 0.3) is 5.56 Å². The Morgan fingerprint density at radius 2 is 1.86 bits per heavy atom. The van der Waals surface area contributed by atoms with E-state index in [1.54, 1.807) is 24.3 Å². The van der Waals surface area contributed by atoms with Gasteiger partial charge in [-0.3, -0.25) is 19.4 Å². The van der Waals surface area contributed by atoms with Crippen LogP contribution < -0.4 is 10.3 Å². The summed E-state index contributed by atoms with van der Waals surface area (Å²) in [6.45, 7) is 2.42. The Morgan fingerprint density at radius 1 is 1.14 bits per heavy atom. The molecule has 0 aliphatic rings. The van der Waals surface area contributed by atoms with Crippen molar-refractivity contribution in [3.63, 3.8) is 0 Å². The van der Waals surface area contributed by atoms with E-state index in [0.717, 1.165) is 0 Å². The fraction of sp³-hybridized carbons (Fsp3) is 0.133. The molecule has 0 N–H and O–H groups in total. The Balaban J connectivity index is 2.54. The fourth-order valence-electron chi connectivity index (χ4n) is 2.25. The lowest BCUT2D eigenvalue weighted by molar-refractivity contribution is -0.132. The number of benzene rings is 1. The van der Waals surface area contributed by atoms with Gasteiger partial charge in [0.1, 0.15) is 0 Å². The van der Waals surface area contributed by atoms with Gasteiger partial charge in [-0.2, -0.15) is 4.68 Å². The van der Waals surface area contributed by atoms with Crippen LogP contribution in [0.15, 0.2) is 35.3 Å². The van der Waals surface area contributed by atoms with Gasteiger partial charge in [-0.25, -0.2) is 0 Å². The van der Waals surface area contributed by atoms with Crippen molar-refractivity contribution in [1.82, 2.24) is 14.8 Å². The molecule has 0 unspecified atom stereocenters. The highest BCUT2D eigenvalue weighted by Crippen LogP contribution is 2.26. The Kier molecular flexibility index (Phi) is 3.17. The predicted octanol–water partition coefficient (Wildman–Crippen LogP) is 1.53. The van der Waals surface area contributed by atoms with Gasteiger partial charge in [0.2, 0.25) is 11.8 Å². The third kappa shape index (κ3) is 2.12. The summed E-state index contributed by atoms with van der Waals surface area (Å²) in [6, 6.07) is 7.01. The Bertz CT molecular complexity index is 991. The van der Waals surface area contributed by atoms with E-state index in [0.29, 0.717) is 15.6 Å². The second kappa shape index (κ2) is 5.03. The molecule has 0 aliphatic carbocycles. The molecule has 7 heteroatoms. The summed E-state index contributed by atoms with van der Waals surface area (Å²) in [5.41, 5.74) is 0.0270. The molecule has 0 saturated heterocycles. The molecule has 0 fully saturated rings. The van der Waals surface area contributed by atoms with E-state index >= 15 is 0 Å². The molecule has 0 aliphatic heterocycles. The smallest absolute Gasteiger partial charge is 0.309 e. The van der Waals surface area contributed by atoms with Crippen LogP contribution in [-0.2, 0) is 4.79 Å². The van der Waals surface area contributed by atoms with Crippen molar-refractivity contribution in [2.24, 2.45) is 0 Å². The van der Waals surface area contributed by atoms with E-state index in [2.05, 4.69) is 10.1 Å². The summed E-state index contributed by atoms with van der Waals surface area (Å²) in [6.07, 6.45) is 1.41. The van der Waals surface area contributed by atoms with Gasteiger partial charge in [0, 0.05) is 25.4 Å². The van der Waals surface area contributed by atoms with Gasteiger partial charge in [-0.05, 0) is 6.07 Å². The lowest BCUT2D eigenvalue weighted by Crippen LogP contribution is -2.28. The van der Waals surface area contributed by atoms with E-state index < -0.39 is 17.4 Å². The van der Waals surface area contributed by atoms with Crippen LogP contribution in [0.3, 0.4) is 0 Å². The zero-order chi connectivity index (χ0) is 15.9. The maximum Gasteiger partial charge on any atom is 0.309 e. The maximum absolute atomic E-state index is 12.5. The molecule has 3 rings (SSSR count). The topological polar surface area (TPSA) is 91.1 Å². The third-order valence-corrected chi connectivity index (χ3v) is 3.14. The quantitative estimate of drug-likeness (QED) is 0.499. The van der Waals surface area contributed by atoms with Gasteiger partial charge in [-0.15, -0.1) is 5.10 Å². The van der Waals surface area contributed by atoms with E-state index in [4.69, 9.17) is 4.74 Å². The maximum atomic E-state index is 12.5. The minimum Gasteiger partial charge on any atom is -0.405 e. The first-order valence-electron chi connectivity index (χ1n) is 6.49. The molecule has 2 heterocycles. The number of nitrogens with zero attached hydrogens (tertiary/aromatic N) is 3. The number of esters is 1.